The Hall–Kier alpha value is -1.58. The maximum absolute atomic E-state index is 13.0. The lowest BCUT2D eigenvalue weighted by Crippen LogP contribution is -2.38. The second-order valence-electron chi connectivity index (χ2n) is 7.29. The van der Waals surface area contributed by atoms with Gasteiger partial charge in [-0.05, 0) is 17.8 Å². The number of rotatable bonds is 6. The predicted octanol–water partition coefficient (Wildman–Crippen LogP) is 2.85. The Kier molecular flexibility index (Phi) is 5.06. The van der Waals surface area contributed by atoms with Gasteiger partial charge in [0.1, 0.15) is 4.90 Å². The third-order valence-corrected chi connectivity index (χ3v) is 6.91. The number of amides is 1. The van der Waals surface area contributed by atoms with Gasteiger partial charge in [0.15, 0.2) is 5.69 Å². The van der Waals surface area contributed by atoms with Gasteiger partial charge in [-0.15, -0.1) is 0 Å². The first-order valence-corrected chi connectivity index (χ1v) is 10.2. The fraction of sp³-hybridized carbons (Fsp3) is 0.750. The summed E-state index contributed by atoms with van der Waals surface area (Å²) in [5.41, 5.74) is -1.52. The molecule has 1 N–H and O–H groups in total. The Morgan fingerprint density at radius 3 is 2.23 bits per heavy atom. The van der Waals surface area contributed by atoms with Gasteiger partial charge in [0.25, 0.3) is 10.0 Å². The molecular formula is C16H22F3N3O3S. The lowest BCUT2D eigenvalue weighted by Gasteiger charge is -2.42. The number of nitrogens with one attached hydrogen (secondary N) is 1. The molecule has 0 aliphatic heterocycles. The number of hydrogen-bond acceptors (Lipinski definition) is 4. The zero-order valence-corrected chi connectivity index (χ0v) is 15.2. The Bertz CT molecular complexity index is 766. The van der Waals surface area contributed by atoms with E-state index >= 15 is 0 Å². The summed E-state index contributed by atoms with van der Waals surface area (Å²) in [6.07, 6.45) is 2.21. The zero-order valence-electron chi connectivity index (χ0n) is 14.4. The standard InChI is InChI=1S/C16H22F3N3O3S/c1-22-9-13(15(20-22)16(17,18)19)26(24,25)21-14(23)8-12(10-4-2-5-10)11-6-3-7-11/h9-12H,2-8H2,1H3,(H,21,23). The van der Waals surface area contributed by atoms with Gasteiger partial charge in [0.2, 0.25) is 5.91 Å². The molecule has 3 rings (SSSR count). The van der Waals surface area contributed by atoms with Crippen molar-refractivity contribution in [3.05, 3.63) is 11.9 Å². The summed E-state index contributed by atoms with van der Waals surface area (Å²) in [5.74, 6) is 0.199. The molecule has 1 aromatic heterocycles. The molecule has 0 spiro atoms. The van der Waals surface area contributed by atoms with Crippen molar-refractivity contribution in [1.82, 2.24) is 14.5 Å². The minimum atomic E-state index is -4.92. The fourth-order valence-corrected chi connectivity index (χ4v) is 4.97. The third kappa shape index (κ3) is 3.89. The number of carbonyl (C=O) groups excluding carboxylic acids is 1. The van der Waals surface area contributed by atoms with E-state index in [1.807, 2.05) is 4.72 Å². The van der Waals surface area contributed by atoms with Crippen LogP contribution in [0.5, 0.6) is 0 Å². The molecule has 2 aliphatic rings. The smallest absolute Gasteiger partial charge is 0.274 e. The number of carbonyl (C=O) groups is 1. The molecule has 0 unspecified atom stereocenters. The van der Waals surface area contributed by atoms with Crippen molar-refractivity contribution in [3.63, 3.8) is 0 Å². The first-order valence-electron chi connectivity index (χ1n) is 8.74. The van der Waals surface area contributed by atoms with Crippen molar-refractivity contribution in [3.8, 4) is 0 Å². The van der Waals surface area contributed by atoms with E-state index in [2.05, 4.69) is 5.10 Å². The average Bonchev–Trinajstić information content (AvgIpc) is 2.76. The van der Waals surface area contributed by atoms with Gasteiger partial charge in [-0.3, -0.25) is 9.48 Å². The molecule has 2 saturated carbocycles. The Labute approximate surface area is 150 Å². The summed E-state index contributed by atoms with van der Waals surface area (Å²) in [5, 5.41) is 3.18. The minimum absolute atomic E-state index is 0.0379. The molecule has 26 heavy (non-hydrogen) atoms. The zero-order chi connectivity index (χ0) is 19.1. The van der Waals surface area contributed by atoms with Crippen molar-refractivity contribution in [1.29, 1.82) is 0 Å². The number of sulfonamides is 1. The largest absolute Gasteiger partial charge is 0.436 e. The van der Waals surface area contributed by atoms with E-state index in [1.165, 1.54) is 7.05 Å². The van der Waals surface area contributed by atoms with Crippen LogP contribution in [0.2, 0.25) is 0 Å². The highest BCUT2D eigenvalue weighted by Gasteiger charge is 2.42. The van der Waals surface area contributed by atoms with Crippen molar-refractivity contribution in [2.75, 3.05) is 0 Å². The SMILES string of the molecule is Cn1cc(S(=O)(=O)NC(=O)CC(C2CCC2)C2CCC2)c(C(F)(F)F)n1. The second kappa shape index (κ2) is 6.86. The van der Waals surface area contributed by atoms with Crippen LogP contribution >= 0.6 is 0 Å². The molecule has 10 heteroatoms. The molecule has 0 radical (unpaired) electrons. The fourth-order valence-electron chi connectivity index (χ4n) is 3.77. The summed E-state index contributed by atoms with van der Waals surface area (Å²) < 4.78 is 66.3. The summed E-state index contributed by atoms with van der Waals surface area (Å²) >= 11 is 0. The van der Waals surface area contributed by atoms with E-state index in [1.54, 1.807) is 0 Å². The van der Waals surface area contributed by atoms with E-state index in [-0.39, 0.29) is 12.3 Å². The maximum Gasteiger partial charge on any atom is 0.436 e. The van der Waals surface area contributed by atoms with Crippen molar-refractivity contribution >= 4 is 15.9 Å². The van der Waals surface area contributed by atoms with Gasteiger partial charge in [-0.1, -0.05) is 38.5 Å². The minimum Gasteiger partial charge on any atom is -0.274 e. The van der Waals surface area contributed by atoms with Crippen LogP contribution in [-0.4, -0.2) is 24.1 Å². The lowest BCUT2D eigenvalue weighted by molar-refractivity contribution is -0.143. The van der Waals surface area contributed by atoms with E-state index in [4.69, 9.17) is 0 Å². The molecule has 0 saturated heterocycles. The van der Waals surface area contributed by atoms with Gasteiger partial charge < -0.3 is 0 Å². The molecule has 0 bridgehead atoms. The molecule has 0 aromatic carbocycles. The summed E-state index contributed by atoms with van der Waals surface area (Å²) in [7, 11) is -3.44. The predicted molar refractivity (Wildman–Crippen MR) is 86.3 cm³/mol. The van der Waals surface area contributed by atoms with Crippen molar-refractivity contribution in [2.24, 2.45) is 24.8 Å². The molecule has 1 heterocycles. The molecule has 0 atom stereocenters. The monoisotopic (exact) mass is 393 g/mol. The average molecular weight is 393 g/mol. The molecule has 2 aliphatic carbocycles. The molecular weight excluding hydrogens is 371 g/mol. The quantitative estimate of drug-likeness (QED) is 0.806. The third-order valence-electron chi connectivity index (χ3n) is 5.53. The molecule has 1 aromatic rings. The first-order chi connectivity index (χ1) is 12.1. The van der Waals surface area contributed by atoms with Gasteiger partial charge in [0, 0.05) is 19.7 Å². The number of nitrogens with zero attached hydrogens (tertiary/aromatic N) is 2. The van der Waals surface area contributed by atoms with Crippen LogP contribution < -0.4 is 4.72 Å². The normalized spacial score (nSPS) is 19.3. The van der Waals surface area contributed by atoms with Crippen LogP contribution in [0.15, 0.2) is 11.1 Å². The van der Waals surface area contributed by atoms with Crippen LogP contribution in [0.4, 0.5) is 13.2 Å². The van der Waals surface area contributed by atoms with E-state index in [0.717, 1.165) is 49.4 Å². The Morgan fingerprint density at radius 1 is 1.27 bits per heavy atom. The molecule has 1 amide bonds. The summed E-state index contributed by atoms with van der Waals surface area (Å²) in [4.78, 5) is 11.3. The van der Waals surface area contributed by atoms with Gasteiger partial charge in [0.05, 0.1) is 0 Å². The van der Waals surface area contributed by atoms with E-state index < -0.39 is 32.7 Å². The van der Waals surface area contributed by atoms with Crippen molar-refractivity contribution < 1.29 is 26.4 Å². The first kappa shape index (κ1) is 19.2. The highest BCUT2D eigenvalue weighted by Crippen LogP contribution is 2.46. The maximum atomic E-state index is 13.0. The second-order valence-corrected chi connectivity index (χ2v) is 8.94. The number of aromatic nitrogens is 2. The topological polar surface area (TPSA) is 81.1 Å². The van der Waals surface area contributed by atoms with E-state index in [0.29, 0.717) is 11.8 Å². The highest BCUT2D eigenvalue weighted by molar-refractivity contribution is 7.90. The number of hydrogen-bond donors (Lipinski definition) is 1. The van der Waals surface area contributed by atoms with Crippen molar-refractivity contribution in [2.45, 2.75) is 56.0 Å². The number of aryl methyl sites for hydroxylation is 1. The van der Waals surface area contributed by atoms with Crippen LogP contribution in [0.3, 0.4) is 0 Å². The highest BCUT2D eigenvalue weighted by atomic mass is 32.2. The van der Waals surface area contributed by atoms with Crippen LogP contribution in [0.25, 0.3) is 0 Å². The Balaban J connectivity index is 1.73. The van der Waals surface area contributed by atoms with Gasteiger partial charge >= 0.3 is 6.18 Å². The molecule has 6 nitrogen and oxygen atoms in total. The summed E-state index contributed by atoms with van der Waals surface area (Å²) in [6, 6.07) is 0. The molecule has 146 valence electrons. The lowest BCUT2D eigenvalue weighted by atomic mass is 9.63. The van der Waals surface area contributed by atoms with E-state index in [9.17, 15) is 26.4 Å². The van der Waals surface area contributed by atoms with Gasteiger partial charge in [-0.2, -0.15) is 18.3 Å². The van der Waals surface area contributed by atoms with Crippen LogP contribution in [0.1, 0.15) is 50.6 Å². The van der Waals surface area contributed by atoms with Crippen LogP contribution in [-0.2, 0) is 28.0 Å². The van der Waals surface area contributed by atoms with Gasteiger partial charge in [-0.25, -0.2) is 13.1 Å². The number of halogens is 3. The summed E-state index contributed by atoms with van der Waals surface area (Å²) in [6.45, 7) is 0. The number of alkyl halides is 3. The Morgan fingerprint density at radius 2 is 1.81 bits per heavy atom. The molecule has 2 fully saturated rings. The van der Waals surface area contributed by atoms with Crippen LogP contribution in [0, 0.1) is 17.8 Å².